The zero-order valence-corrected chi connectivity index (χ0v) is 19.0. The minimum Gasteiger partial charge on any atom is -0.384 e. The van der Waals surface area contributed by atoms with Crippen molar-refractivity contribution in [2.45, 2.75) is 38.3 Å². The lowest BCUT2D eigenvalue weighted by Crippen LogP contribution is -2.49. The number of hydrogen-bond donors (Lipinski definition) is 1. The van der Waals surface area contributed by atoms with Crippen LogP contribution in [-0.2, 0) is 11.3 Å². The lowest BCUT2D eigenvalue weighted by Gasteiger charge is -2.42. The topological polar surface area (TPSA) is 70.6 Å². The fourth-order valence-corrected chi connectivity index (χ4v) is 5.45. The van der Waals surface area contributed by atoms with Crippen molar-refractivity contribution >= 4 is 22.4 Å². The Kier molecular flexibility index (Phi) is 7.64. The van der Waals surface area contributed by atoms with Crippen molar-refractivity contribution < 1.29 is 18.3 Å². The molecule has 32 heavy (non-hydrogen) atoms. The molecule has 2 fully saturated rings. The highest BCUT2D eigenvalue weighted by molar-refractivity contribution is 7.17. The summed E-state index contributed by atoms with van der Waals surface area (Å²) in [4.78, 5) is 25.9. The molecule has 1 amide bonds. The number of aromatic nitrogens is 2. The van der Waals surface area contributed by atoms with Gasteiger partial charge in [-0.25, -0.2) is 13.8 Å². The van der Waals surface area contributed by atoms with Crippen LogP contribution in [0.5, 0.6) is 0 Å². The molecule has 4 rings (SSSR count). The van der Waals surface area contributed by atoms with E-state index in [1.807, 2.05) is 0 Å². The lowest BCUT2D eigenvalue weighted by atomic mass is 9.94. The zero-order chi connectivity index (χ0) is 22.5. The Morgan fingerprint density at radius 2 is 2.03 bits per heavy atom. The maximum absolute atomic E-state index is 13.7. The Bertz CT molecular complexity index is 917. The molecular formula is C22H29F2N5O2S. The second kappa shape index (κ2) is 10.6. The van der Waals surface area contributed by atoms with Gasteiger partial charge in [0.05, 0.1) is 31.2 Å². The number of piperidine rings is 2. The molecule has 1 N–H and O–H groups in total. The molecule has 4 heterocycles. The van der Waals surface area contributed by atoms with Crippen LogP contribution in [0.25, 0.3) is 0 Å². The average molecular weight is 466 g/mol. The Labute approximate surface area is 190 Å². The molecule has 2 aliphatic rings. The predicted octanol–water partition coefficient (Wildman–Crippen LogP) is 3.07. The van der Waals surface area contributed by atoms with Gasteiger partial charge in [0, 0.05) is 38.9 Å². The fourth-order valence-electron chi connectivity index (χ4n) is 4.56. The van der Waals surface area contributed by atoms with Gasteiger partial charge in [0.15, 0.2) is 5.13 Å². The van der Waals surface area contributed by atoms with Crippen molar-refractivity contribution in [2.75, 3.05) is 44.8 Å². The maximum Gasteiger partial charge on any atom is 0.263 e. The van der Waals surface area contributed by atoms with E-state index in [0.29, 0.717) is 16.8 Å². The van der Waals surface area contributed by atoms with Gasteiger partial charge in [-0.15, -0.1) is 0 Å². The van der Waals surface area contributed by atoms with Crippen LogP contribution in [0.15, 0.2) is 18.5 Å². The largest absolute Gasteiger partial charge is 0.384 e. The molecule has 2 aromatic rings. The van der Waals surface area contributed by atoms with Crippen LogP contribution >= 0.6 is 11.3 Å². The number of likely N-dealkylation sites (tertiary alicyclic amines) is 1. The number of carbonyl (C=O) groups is 1. The van der Waals surface area contributed by atoms with Gasteiger partial charge in [0.25, 0.3) is 5.91 Å². The highest BCUT2D eigenvalue weighted by atomic mass is 32.1. The SMILES string of the molecule is COC[C@@H]1CCCN(C2CCN(c3ncc(C(=O)NCc4ncc(F)cc4F)s3)CC2)C1. The maximum atomic E-state index is 13.7. The summed E-state index contributed by atoms with van der Waals surface area (Å²) in [6.45, 7) is 4.83. The van der Waals surface area contributed by atoms with E-state index in [9.17, 15) is 13.6 Å². The Morgan fingerprint density at radius 3 is 2.78 bits per heavy atom. The number of methoxy groups -OCH3 is 1. The first-order valence-corrected chi connectivity index (χ1v) is 11.9. The van der Waals surface area contributed by atoms with Gasteiger partial charge in [-0.1, -0.05) is 11.3 Å². The summed E-state index contributed by atoms with van der Waals surface area (Å²) in [5.41, 5.74) is -0.00277. The molecule has 0 saturated carbocycles. The smallest absolute Gasteiger partial charge is 0.263 e. The Morgan fingerprint density at radius 1 is 1.22 bits per heavy atom. The summed E-state index contributed by atoms with van der Waals surface area (Å²) < 4.78 is 32.0. The van der Waals surface area contributed by atoms with E-state index in [-0.39, 0.29) is 18.1 Å². The molecule has 0 bridgehead atoms. The number of ether oxygens (including phenoxy) is 1. The van der Waals surface area contributed by atoms with Crippen LogP contribution in [0.3, 0.4) is 0 Å². The quantitative estimate of drug-likeness (QED) is 0.678. The van der Waals surface area contributed by atoms with Crippen molar-refractivity contribution in [3.8, 4) is 0 Å². The van der Waals surface area contributed by atoms with Crippen molar-refractivity contribution in [2.24, 2.45) is 5.92 Å². The third kappa shape index (κ3) is 5.60. The molecule has 2 aliphatic heterocycles. The van der Waals surface area contributed by atoms with E-state index >= 15 is 0 Å². The summed E-state index contributed by atoms with van der Waals surface area (Å²) in [7, 11) is 1.78. The van der Waals surface area contributed by atoms with Crippen LogP contribution in [0.4, 0.5) is 13.9 Å². The van der Waals surface area contributed by atoms with Crippen LogP contribution < -0.4 is 10.2 Å². The van der Waals surface area contributed by atoms with E-state index in [4.69, 9.17) is 4.74 Å². The molecule has 7 nitrogen and oxygen atoms in total. The first-order valence-electron chi connectivity index (χ1n) is 11.1. The van der Waals surface area contributed by atoms with Crippen LogP contribution in [0, 0.1) is 17.6 Å². The van der Waals surface area contributed by atoms with Gasteiger partial charge < -0.3 is 15.0 Å². The summed E-state index contributed by atoms with van der Waals surface area (Å²) in [6, 6.07) is 1.34. The predicted molar refractivity (Wildman–Crippen MR) is 119 cm³/mol. The number of thiazole rings is 1. The number of nitrogens with one attached hydrogen (secondary N) is 1. The molecule has 2 saturated heterocycles. The Hall–Kier alpha value is -2.17. The van der Waals surface area contributed by atoms with E-state index in [1.54, 1.807) is 13.3 Å². The van der Waals surface area contributed by atoms with Gasteiger partial charge in [0.2, 0.25) is 0 Å². The van der Waals surface area contributed by atoms with E-state index in [0.717, 1.165) is 63.0 Å². The monoisotopic (exact) mass is 465 g/mol. The van der Waals surface area contributed by atoms with E-state index in [1.165, 1.54) is 24.2 Å². The summed E-state index contributed by atoms with van der Waals surface area (Å²) in [6.07, 6.45) is 7.12. The molecule has 1 atom stereocenters. The molecule has 174 valence electrons. The average Bonchev–Trinajstić information content (AvgIpc) is 3.29. The molecule has 0 unspecified atom stereocenters. The van der Waals surface area contributed by atoms with Gasteiger partial charge in [-0.2, -0.15) is 0 Å². The van der Waals surface area contributed by atoms with E-state index < -0.39 is 11.6 Å². The third-order valence-electron chi connectivity index (χ3n) is 6.22. The summed E-state index contributed by atoms with van der Waals surface area (Å²) >= 11 is 1.33. The highest BCUT2D eigenvalue weighted by Gasteiger charge is 2.29. The van der Waals surface area contributed by atoms with Crippen LogP contribution in [-0.4, -0.2) is 66.7 Å². The lowest BCUT2D eigenvalue weighted by molar-refractivity contribution is 0.0609. The molecule has 0 aliphatic carbocycles. The minimum absolute atomic E-state index is 0.00277. The number of carbonyl (C=O) groups excluding carboxylic acids is 1. The number of halogens is 2. The normalized spacial score (nSPS) is 20.5. The van der Waals surface area contributed by atoms with Gasteiger partial charge in [0.1, 0.15) is 16.5 Å². The van der Waals surface area contributed by atoms with Crippen molar-refractivity contribution in [3.05, 3.63) is 40.7 Å². The molecule has 0 radical (unpaired) electrons. The standard InChI is InChI=1S/C22H29F2N5O2S/c1-31-14-15-3-2-6-29(13-15)17-4-7-28(8-5-17)22-27-12-20(32-22)21(30)26-11-19-18(24)9-16(23)10-25-19/h9-10,12,15,17H,2-8,11,13-14H2,1H3,(H,26,30)/t15-/m1/s1. The number of hydrogen-bond acceptors (Lipinski definition) is 7. The zero-order valence-electron chi connectivity index (χ0n) is 18.2. The molecule has 0 aromatic carbocycles. The van der Waals surface area contributed by atoms with Gasteiger partial charge >= 0.3 is 0 Å². The fraction of sp³-hybridized carbons (Fsp3) is 0.591. The highest BCUT2D eigenvalue weighted by Crippen LogP contribution is 2.29. The Balaban J connectivity index is 1.27. The number of nitrogens with zero attached hydrogens (tertiary/aromatic N) is 4. The summed E-state index contributed by atoms with van der Waals surface area (Å²) in [5.74, 6) is -1.24. The van der Waals surface area contributed by atoms with Crippen molar-refractivity contribution in [3.63, 3.8) is 0 Å². The van der Waals surface area contributed by atoms with Crippen molar-refractivity contribution in [1.29, 1.82) is 0 Å². The number of pyridine rings is 1. The number of anilines is 1. The van der Waals surface area contributed by atoms with Crippen molar-refractivity contribution in [1.82, 2.24) is 20.2 Å². The molecular weight excluding hydrogens is 436 g/mol. The number of rotatable bonds is 7. The molecule has 10 heteroatoms. The second-order valence-electron chi connectivity index (χ2n) is 8.45. The molecule has 2 aromatic heterocycles. The molecule has 0 spiro atoms. The third-order valence-corrected chi connectivity index (χ3v) is 7.28. The first kappa shape index (κ1) is 23.0. The summed E-state index contributed by atoms with van der Waals surface area (Å²) in [5, 5.41) is 3.46. The second-order valence-corrected chi connectivity index (χ2v) is 9.46. The van der Waals surface area contributed by atoms with Crippen LogP contribution in [0.2, 0.25) is 0 Å². The first-order chi connectivity index (χ1) is 15.5. The minimum atomic E-state index is -0.777. The van der Waals surface area contributed by atoms with Gasteiger partial charge in [-0.3, -0.25) is 14.7 Å². The van der Waals surface area contributed by atoms with Crippen LogP contribution in [0.1, 0.15) is 41.0 Å². The van der Waals surface area contributed by atoms with E-state index in [2.05, 4.69) is 25.1 Å². The number of amides is 1. The van der Waals surface area contributed by atoms with Gasteiger partial charge in [-0.05, 0) is 38.1 Å².